The molecule has 7 heteroatoms. The molecule has 2 rings (SSSR count). The number of carboxylic acids is 1. The first-order valence-electron chi connectivity index (χ1n) is 7.09. The molecule has 0 fully saturated rings. The van der Waals surface area contributed by atoms with E-state index in [1.807, 2.05) is 18.2 Å². The van der Waals surface area contributed by atoms with E-state index in [0.29, 0.717) is 10.0 Å². The zero-order valence-corrected chi connectivity index (χ0v) is 14.1. The summed E-state index contributed by atoms with van der Waals surface area (Å²) in [6, 6.07) is 12.0. The monoisotopic (exact) mass is 395 g/mol. The highest BCUT2D eigenvalue weighted by atomic mass is 79.9. The van der Waals surface area contributed by atoms with E-state index in [2.05, 4.69) is 21.2 Å². The molecule has 0 saturated heterocycles. The highest BCUT2D eigenvalue weighted by molar-refractivity contribution is 9.10. The van der Waals surface area contributed by atoms with Gasteiger partial charge in [0.15, 0.2) is 0 Å². The standard InChI is InChI=1S/C17H15BrFNO4/c18-14-7-6-12(19)8-13(14)15(9-16(21)22)20-17(23)24-10-11-4-2-1-3-5-11/h1-8,15H,9-10H2,(H,20,23)(H,21,22)/t15-/m1/s1. The van der Waals surface area contributed by atoms with E-state index < -0.39 is 30.3 Å². The Morgan fingerprint density at radius 3 is 2.58 bits per heavy atom. The van der Waals surface area contributed by atoms with Gasteiger partial charge in [-0.3, -0.25) is 4.79 Å². The molecule has 2 aromatic carbocycles. The predicted molar refractivity (Wildman–Crippen MR) is 88.9 cm³/mol. The smallest absolute Gasteiger partial charge is 0.407 e. The van der Waals surface area contributed by atoms with Crippen LogP contribution < -0.4 is 5.32 Å². The second kappa shape index (κ2) is 8.44. The maximum Gasteiger partial charge on any atom is 0.407 e. The molecule has 0 unspecified atom stereocenters. The van der Waals surface area contributed by atoms with Crippen LogP contribution in [0.4, 0.5) is 9.18 Å². The third-order valence-electron chi connectivity index (χ3n) is 3.22. The van der Waals surface area contributed by atoms with Gasteiger partial charge in [0.1, 0.15) is 12.4 Å². The summed E-state index contributed by atoms with van der Waals surface area (Å²) < 4.78 is 19.0. The number of benzene rings is 2. The van der Waals surface area contributed by atoms with E-state index >= 15 is 0 Å². The van der Waals surface area contributed by atoms with Gasteiger partial charge in [0.05, 0.1) is 12.5 Å². The van der Waals surface area contributed by atoms with Gasteiger partial charge in [-0.15, -0.1) is 0 Å². The van der Waals surface area contributed by atoms with Crippen LogP contribution in [0.2, 0.25) is 0 Å². The maximum atomic E-state index is 13.4. The number of aliphatic carboxylic acids is 1. The number of rotatable bonds is 6. The lowest BCUT2D eigenvalue weighted by atomic mass is 10.0. The molecular formula is C17H15BrFNO4. The third kappa shape index (κ3) is 5.34. The molecule has 0 aliphatic rings. The molecule has 1 amide bonds. The topological polar surface area (TPSA) is 75.6 Å². The van der Waals surface area contributed by atoms with Gasteiger partial charge in [-0.1, -0.05) is 46.3 Å². The number of ether oxygens (including phenoxy) is 1. The number of carbonyl (C=O) groups excluding carboxylic acids is 1. The molecule has 0 radical (unpaired) electrons. The summed E-state index contributed by atoms with van der Waals surface area (Å²) in [4.78, 5) is 23.0. The van der Waals surface area contributed by atoms with Crippen molar-refractivity contribution in [2.75, 3.05) is 0 Å². The van der Waals surface area contributed by atoms with E-state index in [1.165, 1.54) is 18.2 Å². The number of alkyl carbamates (subject to hydrolysis) is 1. The molecule has 1 atom stereocenters. The van der Waals surface area contributed by atoms with Crippen LogP contribution in [-0.2, 0) is 16.1 Å². The Bertz CT molecular complexity index is 724. The van der Waals surface area contributed by atoms with Crippen LogP contribution in [0, 0.1) is 5.82 Å². The van der Waals surface area contributed by atoms with E-state index in [4.69, 9.17) is 9.84 Å². The average molecular weight is 396 g/mol. The van der Waals surface area contributed by atoms with Crippen LogP contribution in [0.5, 0.6) is 0 Å². The minimum atomic E-state index is -1.13. The number of hydrogen-bond acceptors (Lipinski definition) is 3. The molecule has 5 nitrogen and oxygen atoms in total. The Balaban J connectivity index is 2.06. The molecule has 0 spiro atoms. The predicted octanol–water partition coefficient (Wildman–Crippen LogP) is 4.03. The van der Waals surface area contributed by atoms with Crippen LogP contribution in [0.3, 0.4) is 0 Å². The lowest BCUT2D eigenvalue weighted by molar-refractivity contribution is -0.137. The summed E-state index contributed by atoms with van der Waals surface area (Å²) in [5.41, 5.74) is 1.13. The molecule has 0 aliphatic heterocycles. The van der Waals surface area contributed by atoms with E-state index in [9.17, 15) is 14.0 Å². The molecule has 0 aromatic heterocycles. The van der Waals surface area contributed by atoms with Crippen molar-refractivity contribution in [3.63, 3.8) is 0 Å². The van der Waals surface area contributed by atoms with Crippen molar-refractivity contribution in [3.05, 3.63) is 69.9 Å². The van der Waals surface area contributed by atoms with Gasteiger partial charge < -0.3 is 15.2 Å². The average Bonchev–Trinajstić information content (AvgIpc) is 2.55. The summed E-state index contributed by atoms with van der Waals surface area (Å²) in [7, 11) is 0. The van der Waals surface area contributed by atoms with Crippen LogP contribution in [0.15, 0.2) is 53.0 Å². The molecular weight excluding hydrogens is 381 g/mol. The van der Waals surface area contributed by atoms with Crippen molar-refractivity contribution in [1.82, 2.24) is 5.32 Å². The minimum absolute atomic E-state index is 0.0524. The summed E-state index contributed by atoms with van der Waals surface area (Å²) in [5, 5.41) is 11.5. The van der Waals surface area contributed by atoms with Crippen molar-refractivity contribution in [1.29, 1.82) is 0 Å². The van der Waals surface area contributed by atoms with Crippen LogP contribution in [0.1, 0.15) is 23.6 Å². The molecule has 2 N–H and O–H groups in total. The van der Waals surface area contributed by atoms with Crippen molar-refractivity contribution >= 4 is 28.0 Å². The number of halogens is 2. The zero-order valence-electron chi connectivity index (χ0n) is 12.5. The highest BCUT2D eigenvalue weighted by Gasteiger charge is 2.21. The fourth-order valence-electron chi connectivity index (χ4n) is 2.10. The van der Waals surface area contributed by atoms with Crippen molar-refractivity contribution in [3.8, 4) is 0 Å². The number of amides is 1. The van der Waals surface area contributed by atoms with E-state index in [1.54, 1.807) is 12.1 Å². The first kappa shape index (κ1) is 17.9. The first-order chi connectivity index (χ1) is 11.5. The van der Waals surface area contributed by atoms with Crippen molar-refractivity contribution < 1.29 is 23.8 Å². The van der Waals surface area contributed by atoms with E-state index in [0.717, 1.165) is 5.56 Å². The molecule has 0 aliphatic carbocycles. The molecule has 0 bridgehead atoms. The fraction of sp³-hybridized carbons (Fsp3) is 0.176. The Morgan fingerprint density at radius 1 is 1.21 bits per heavy atom. The number of nitrogens with one attached hydrogen (secondary N) is 1. The summed E-state index contributed by atoms with van der Waals surface area (Å²) in [6.07, 6.45) is -1.18. The van der Waals surface area contributed by atoms with Gasteiger partial charge in [0.2, 0.25) is 0 Å². The molecule has 126 valence electrons. The quantitative estimate of drug-likeness (QED) is 0.773. The summed E-state index contributed by atoms with van der Waals surface area (Å²) in [6.45, 7) is 0.0524. The van der Waals surface area contributed by atoms with Gasteiger partial charge in [0, 0.05) is 4.47 Å². The van der Waals surface area contributed by atoms with Crippen LogP contribution in [0.25, 0.3) is 0 Å². The van der Waals surface area contributed by atoms with Crippen LogP contribution >= 0.6 is 15.9 Å². The molecule has 24 heavy (non-hydrogen) atoms. The third-order valence-corrected chi connectivity index (χ3v) is 3.94. The normalized spacial score (nSPS) is 11.6. The molecule has 2 aromatic rings. The summed E-state index contributed by atoms with van der Waals surface area (Å²) >= 11 is 3.23. The van der Waals surface area contributed by atoms with Gasteiger partial charge >= 0.3 is 12.1 Å². The molecule has 0 heterocycles. The van der Waals surface area contributed by atoms with Gasteiger partial charge in [-0.25, -0.2) is 9.18 Å². The lowest BCUT2D eigenvalue weighted by Crippen LogP contribution is -2.31. The minimum Gasteiger partial charge on any atom is -0.481 e. The van der Waals surface area contributed by atoms with Crippen molar-refractivity contribution in [2.45, 2.75) is 19.1 Å². The Morgan fingerprint density at radius 2 is 1.92 bits per heavy atom. The van der Waals surface area contributed by atoms with Gasteiger partial charge in [-0.2, -0.15) is 0 Å². The van der Waals surface area contributed by atoms with Gasteiger partial charge in [0.25, 0.3) is 0 Å². The van der Waals surface area contributed by atoms with Gasteiger partial charge in [-0.05, 0) is 29.3 Å². The first-order valence-corrected chi connectivity index (χ1v) is 7.89. The number of hydrogen-bond donors (Lipinski definition) is 2. The second-order valence-electron chi connectivity index (χ2n) is 5.02. The number of carboxylic acid groups (broad SMARTS) is 1. The fourth-order valence-corrected chi connectivity index (χ4v) is 2.63. The Hall–Kier alpha value is -2.41. The molecule has 0 saturated carbocycles. The Kier molecular flexibility index (Phi) is 6.31. The highest BCUT2D eigenvalue weighted by Crippen LogP contribution is 2.27. The number of carbonyl (C=O) groups is 2. The zero-order chi connectivity index (χ0) is 17.5. The maximum absolute atomic E-state index is 13.4. The lowest BCUT2D eigenvalue weighted by Gasteiger charge is -2.18. The summed E-state index contributed by atoms with van der Waals surface area (Å²) in [5.74, 6) is -1.65. The largest absolute Gasteiger partial charge is 0.481 e. The van der Waals surface area contributed by atoms with Crippen molar-refractivity contribution in [2.24, 2.45) is 0 Å². The SMILES string of the molecule is O=C(O)C[C@@H](NC(=O)OCc1ccccc1)c1cc(F)ccc1Br. The van der Waals surface area contributed by atoms with E-state index in [-0.39, 0.29) is 6.61 Å². The second-order valence-corrected chi connectivity index (χ2v) is 5.88. The Labute approximate surface area is 146 Å². The van der Waals surface area contributed by atoms with Crippen LogP contribution in [-0.4, -0.2) is 17.2 Å².